The molecule has 4 heteroatoms. The van der Waals surface area contributed by atoms with E-state index >= 15 is 0 Å². The molecule has 0 saturated carbocycles. The fourth-order valence-electron chi connectivity index (χ4n) is 1.07. The Bertz CT molecular complexity index is 173. The Hall–Kier alpha value is -0.220. The van der Waals surface area contributed by atoms with Crippen molar-refractivity contribution in [3.05, 3.63) is 0 Å². The Labute approximate surface area is 91.4 Å². The zero-order valence-corrected chi connectivity index (χ0v) is 10.5. The van der Waals surface area contributed by atoms with E-state index in [0.717, 1.165) is 18.8 Å². The first-order chi connectivity index (χ1) is 6.40. The molecule has 0 unspecified atom stereocenters. The van der Waals surface area contributed by atoms with Crippen molar-refractivity contribution in [1.29, 1.82) is 0 Å². The van der Waals surface area contributed by atoms with Crippen LogP contribution in [0.15, 0.2) is 0 Å². The molecule has 0 saturated heterocycles. The van der Waals surface area contributed by atoms with Crippen LogP contribution in [0.25, 0.3) is 0 Å². The minimum absolute atomic E-state index is 0.186. The van der Waals surface area contributed by atoms with Crippen molar-refractivity contribution in [2.75, 3.05) is 24.6 Å². The van der Waals surface area contributed by atoms with Gasteiger partial charge in [0.2, 0.25) is 5.91 Å². The van der Waals surface area contributed by atoms with Crippen LogP contribution in [0.3, 0.4) is 0 Å². The third kappa shape index (κ3) is 6.27. The van der Waals surface area contributed by atoms with Crippen molar-refractivity contribution in [3.63, 3.8) is 0 Å². The number of rotatable bonds is 6. The van der Waals surface area contributed by atoms with E-state index in [9.17, 15) is 4.79 Å². The number of hydrogen-bond acceptors (Lipinski definition) is 3. The van der Waals surface area contributed by atoms with E-state index in [4.69, 9.17) is 5.73 Å². The maximum Gasteiger partial charge on any atom is 0.232 e. The van der Waals surface area contributed by atoms with Gasteiger partial charge < -0.3 is 10.6 Å². The van der Waals surface area contributed by atoms with Gasteiger partial charge in [-0.05, 0) is 27.7 Å². The zero-order valence-electron chi connectivity index (χ0n) is 9.67. The maximum atomic E-state index is 11.6. The lowest BCUT2D eigenvalue weighted by Crippen LogP contribution is -2.36. The first-order valence-electron chi connectivity index (χ1n) is 5.05. The molecule has 0 heterocycles. The van der Waals surface area contributed by atoms with Gasteiger partial charge >= 0.3 is 0 Å². The minimum atomic E-state index is -0.186. The molecule has 0 aromatic rings. The Balaban J connectivity index is 3.74. The van der Waals surface area contributed by atoms with Crippen LogP contribution in [0.5, 0.6) is 0 Å². The van der Waals surface area contributed by atoms with Crippen molar-refractivity contribution in [2.24, 2.45) is 5.73 Å². The quantitative estimate of drug-likeness (QED) is 0.731. The van der Waals surface area contributed by atoms with Gasteiger partial charge in [-0.25, -0.2) is 0 Å². The number of nitrogens with two attached hydrogens (primary N) is 1. The average Bonchev–Trinajstić information content (AvgIpc) is 2.04. The van der Waals surface area contributed by atoms with E-state index in [1.807, 2.05) is 32.6 Å². The van der Waals surface area contributed by atoms with Crippen molar-refractivity contribution < 1.29 is 4.79 Å². The summed E-state index contributed by atoms with van der Waals surface area (Å²) in [5, 5.41) is 0. The largest absolute Gasteiger partial charge is 0.343 e. The van der Waals surface area contributed by atoms with Gasteiger partial charge in [0.15, 0.2) is 0 Å². The highest BCUT2D eigenvalue weighted by Gasteiger charge is 2.13. The monoisotopic (exact) mass is 218 g/mol. The van der Waals surface area contributed by atoms with Crippen LogP contribution in [0.1, 0.15) is 27.7 Å². The zero-order chi connectivity index (χ0) is 11.2. The smallest absolute Gasteiger partial charge is 0.232 e. The molecule has 0 rings (SSSR count). The highest BCUT2D eigenvalue weighted by atomic mass is 32.2. The van der Waals surface area contributed by atoms with Crippen molar-refractivity contribution >= 4 is 17.7 Å². The molecule has 0 atom stereocenters. The van der Waals surface area contributed by atoms with Gasteiger partial charge in [0, 0.05) is 24.4 Å². The van der Waals surface area contributed by atoms with E-state index < -0.39 is 0 Å². The molecule has 0 fully saturated rings. The van der Waals surface area contributed by atoms with E-state index in [-0.39, 0.29) is 11.4 Å². The SMILES string of the molecule is CCN(CC)C(=O)CSCC(C)(C)N. The normalized spacial score (nSPS) is 11.5. The maximum absolute atomic E-state index is 11.6. The number of amides is 1. The summed E-state index contributed by atoms with van der Waals surface area (Å²) in [7, 11) is 0. The Morgan fingerprint density at radius 2 is 1.86 bits per heavy atom. The van der Waals surface area contributed by atoms with Crippen LogP contribution in [0.4, 0.5) is 0 Å². The summed E-state index contributed by atoms with van der Waals surface area (Å²) in [4.78, 5) is 13.4. The lowest BCUT2D eigenvalue weighted by molar-refractivity contribution is -0.127. The van der Waals surface area contributed by atoms with E-state index in [1.54, 1.807) is 11.8 Å². The van der Waals surface area contributed by atoms with Crippen LogP contribution in [0, 0.1) is 0 Å². The summed E-state index contributed by atoms with van der Waals surface area (Å²) < 4.78 is 0. The number of carbonyl (C=O) groups is 1. The van der Waals surface area contributed by atoms with Crippen LogP contribution >= 0.6 is 11.8 Å². The summed E-state index contributed by atoms with van der Waals surface area (Å²) >= 11 is 1.61. The average molecular weight is 218 g/mol. The van der Waals surface area contributed by atoms with Gasteiger partial charge in [0.25, 0.3) is 0 Å². The fraction of sp³-hybridized carbons (Fsp3) is 0.900. The van der Waals surface area contributed by atoms with Gasteiger partial charge in [-0.3, -0.25) is 4.79 Å². The van der Waals surface area contributed by atoms with Crippen molar-refractivity contribution in [1.82, 2.24) is 4.90 Å². The second kappa shape index (κ2) is 6.30. The summed E-state index contributed by atoms with van der Waals surface area (Å²) in [5.41, 5.74) is 5.63. The Morgan fingerprint density at radius 3 is 2.21 bits per heavy atom. The molecule has 14 heavy (non-hydrogen) atoms. The Kier molecular flexibility index (Phi) is 6.20. The molecule has 0 aliphatic rings. The molecule has 2 N–H and O–H groups in total. The highest BCUT2D eigenvalue weighted by Crippen LogP contribution is 2.10. The molecule has 0 aromatic carbocycles. The number of hydrogen-bond donors (Lipinski definition) is 1. The summed E-state index contributed by atoms with van der Waals surface area (Å²) in [6, 6.07) is 0. The molecule has 0 aliphatic carbocycles. The lowest BCUT2D eigenvalue weighted by Gasteiger charge is -2.20. The molecule has 0 bridgehead atoms. The van der Waals surface area contributed by atoms with Crippen LogP contribution in [-0.4, -0.2) is 40.9 Å². The first-order valence-corrected chi connectivity index (χ1v) is 6.20. The third-order valence-corrected chi connectivity index (χ3v) is 3.21. The van der Waals surface area contributed by atoms with E-state index in [1.165, 1.54) is 0 Å². The third-order valence-electron chi connectivity index (χ3n) is 1.82. The number of nitrogens with zero attached hydrogens (tertiary/aromatic N) is 1. The molecule has 0 spiro atoms. The van der Waals surface area contributed by atoms with Crippen LogP contribution < -0.4 is 5.73 Å². The van der Waals surface area contributed by atoms with Crippen LogP contribution in [0.2, 0.25) is 0 Å². The van der Waals surface area contributed by atoms with Gasteiger partial charge in [0.1, 0.15) is 0 Å². The topological polar surface area (TPSA) is 46.3 Å². The Morgan fingerprint density at radius 1 is 1.36 bits per heavy atom. The second-order valence-electron chi connectivity index (χ2n) is 4.05. The predicted octanol–water partition coefficient (Wildman–Crippen LogP) is 1.33. The fourth-order valence-corrected chi connectivity index (χ4v) is 2.05. The van der Waals surface area contributed by atoms with Gasteiger partial charge in [-0.2, -0.15) is 11.8 Å². The molecule has 0 aliphatic heterocycles. The molecule has 0 radical (unpaired) electrons. The number of thioether (sulfide) groups is 1. The first kappa shape index (κ1) is 13.8. The number of carbonyl (C=O) groups excluding carboxylic acids is 1. The van der Waals surface area contributed by atoms with Gasteiger partial charge in [-0.1, -0.05) is 0 Å². The minimum Gasteiger partial charge on any atom is -0.343 e. The predicted molar refractivity (Wildman–Crippen MR) is 63.5 cm³/mol. The summed E-state index contributed by atoms with van der Waals surface area (Å²) in [5.74, 6) is 1.58. The second-order valence-corrected chi connectivity index (χ2v) is 5.03. The summed E-state index contributed by atoms with van der Waals surface area (Å²) in [6.45, 7) is 9.53. The molecule has 84 valence electrons. The molecule has 3 nitrogen and oxygen atoms in total. The summed E-state index contributed by atoms with van der Waals surface area (Å²) in [6.07, 6.45) is 0. The van der Waals surface area contributed by atoms with E-state index in [2.05, 4.69) is 0 Å². The highest BCUT2D eigenvalue weighted by molar-refractivity contribution is 8.00. The van der Waals surface area contributed by atoms with Crippen LogP contribution in [-0.2, 0) is 4.79 Å². The standard InChI is InChI=1S/C10H22N2OS/c1-5-12(6-2)9(13)7-14-8-10(3,4)11/h5-8,11H2,1-4H3. The molecular weight excluding hydrogens is 196 g/mol. The van der Waals surface area contributed by atoms with Crippen molar-refractivity contribution in [2.45, 2.75) is 33.2 Å². The van der Waals surface area contributed by atoms with Gasteiger partial charge in [-0.15, -0.1) is 0 Å². The molecular formula is C10H22N2OS. The molecule has 1 amide bonds. The lowest BCUT2D eigenvalue weighted by atomic mass is 10.1. The van der Waals surface area contributed by atoms with Gasteiger partial charge in [0.05, 0.1) is 5.75 Å². The van der Waals surface area contributed by atoms with Crippen molar-refractivity contribution in [3.8, 4) is 0 Å². The molecule has 0 aromatic heterocycles. The van der Waals surface area contributed by atoms with E-state index in [0.29, 0.717) is 5.75 Å².